The molecule has 2 aromatic carbocycles. The highest BCUT2D eigenvalue weighted by Crippen LogP contribution is 2.24. The van der Waals surface area contributed by atoms with E-state index in [0.717, 1.165) is 11.1 Å². The molecule has 0 bridgehead atoms. The van der Waals surface area contributed by atoms with E-state index in [2.05, 4.69) is 5.32 Å². The first-order valence-corrected chi connectivity index (χ1v) is 5.97. The van der Waals surface area contributed by atoms with Crippen LogP contribution in [0.1, 0.15) is 22.7 Å². The number of rotatable bonds is 4. The molecule has 0 saturated carbocycles. The SMILES string of the molecule is CNC(c1ccc(CN)cc1)c1ccccc1F. The van der Waals surface area contributed by atoms with Gasteiger partial charge >= 0.3 is 0 Å². The molecule has 0 aliphatic rings. The van der Waals surface area contributed by atoms with Crippen LogP contribution >= 0.6 is 0 Å². The van der Waals surface area contributed by atoms with Crippen LogP contribution in [-0.2, 0) is 6.54 Å². The summed E-state index contributed by atoms with van der Waals surface area (Å²) in [6.45, 7) is 0.518. The largest absolute Gasteiger partial charge is 0.326 e. The summed E-state index contributed by atoms with van der Waals surface area (Å²) >= 11 is 0. The molecule has 0 spiro atoms. The topological polar surface area (TPSA) is 38.0 Å². The lowest BCUT2D eigenvalue weighted by Gasteiger charge is -2.18. The first-order chi connectivity index (χ1) is 8.76. The summed E-state index contributed by atoms with van der Waals surface area (Å²) in [5.41, 5.74) is 8.32. The van der Waals surface area contributed by atoms with Gasteiger partial charge in [-0.2, -0.15) is 0 Å². The van der Waals surface area contributed by atoms with E-state index in [9.17, 15) is 4.39 Å². The van der Waals surface area contributed by atoms with Gasteiger partial charge in [-0.3, -0.25) is 0 Å². The number of hydrogen-bond donors (Lipinski definition) is 2. The van der Waals surface area contributed by atoms with Gasteiger partial charge < -0.3 is 11.1 Å². The molecule has 0 fully saturated rings. The number of nitrogens with two attached hydrogens (primary N) is 1. The van der Waals surface area contributed by atoms with Crippen molar-refractivity contribution in [3.63, 3.8) is 0 Å². The second-order valence-corrected chi connectivity index (χ2v) is 4.19. The predicted molar refractivity (Wildman–Crippen MR) is 71.6 cm³/mol. The highest BCUT2D eigenvalue weighted by molar-refractivity contribution is 5.34. The molecule has 2 nitrogen and oxygen atoms in total. The summed E-state index contributed by atoms with van der Waals surface area (Å²) < 4.78 is 13.8. The Kier molecular flexibility index (Phi) is 4.07. The lowest BCUT2D eigenvalue weighted by atomic mass is 9.97. The standard InChI is InChI=1S/C15H17FN2/c1-18-15(13-4-2-3-5-14(13)16)12-8-6-11(10-17)7-9-12/h2-9,15,18H,10,17H2,1H3. The normalized spacial score (nSPS) is 12.4. The Morgan fingerprint density at radius 2 is 1.78 bits per heavy atom. The quantitative estimate of drug-likeness (QED) is 0.867. The van der Waals surface area contributed by atoms with Crippen molar-refractivity contribution in [2.45, 2.75) is 12.6 Å². The zero-order chi connectivity index (χ0) is 13.0. The van der Waals surface area contributed by atoms with Crippen molar-refractivity contribution in [1.29, 1.82) is 0 Å². The van der Waals surface area contributed by atoms with Crippen LogP contribution in [-0.4, -0.2) is 7.05 Å². The fourth-order valence-corrected chi connectivity index (χ4v) is 2.06. The van der Waals surface area contributed by atoms with E-state index in [4.69, 9.17) is 5.73 Å². The van der Waals surface area contributed by atoms with E-state index in [1.165, 1.54) is 6.07 Å². The minimum Gasteiger partial charge on any atom is -0.326 e. The van der Waals surface area contributed by atoms with Gasteiger partial charge in [0.2, 0.25) is 0 Å². The van der Waals surface area contributed by atoms with Crippen LogP contribution in [0.5, 0.6) is 0 Å². The predicted octanol–water partition coefficient (Wildman–Crippen LogP) is 2.59. The fraction of sp³-hybridized carbons (Fsp3) is 0.200. The summed E-state index contributed by atoms with van der Waals surface area (Å²) in [5.74, 6) is -0.195. The number of halogens is 1. The molecule has 2 rings (SSSR count). The van der Waals surface area contributed by atoms with E-state index in [1.807, 2.05) is 37.4 Å². The lowest BCUT2D eigenvalue weighted by molar-refractivity contribution is 0.576. The van der Waals surface area contributed by atoms with Crippen LogP contribution in [0.2, 0.25) is 0 Å². The Labute approximate surface area is 107 Å². The third-order valence-electron chi connectivity index (χ3n) is 3.05. The molecule has 0 radical (unpaired) electrons. The average Bonchev–Trinajstić information content (AvgIpc) is 2.42. The first kappa shape index (κ1) is 12.7. The van der Waals surface area contributed by atoms with Crippen molar-refractivity contribution in [2.75, 3.05) is 7.05 Å². The molecule has 3 N–H and O–H groups in total. The van der Waals surface area contributed by atoms with Gasteiger partial charge in [-0.1, -0.05) is 42.5 Å². The summed E-state index contributed by atoms with van der Waals surface area (Å²) in [4.78, 5) is 0. The number of hydrogen-bond acceptors (Lipinski definition) is 2. The van der Waals surface area contributed by atoms with Gasteiger partial charge in [0, 0.05) is 12.1 Å². The van der Waals surface area contributed by atoms with E-state index < -0.39 is 0 Å². The Hall–Kier alpha value is -1.71. The molecule has 94 valence electrons. The van der Waals surface area contributed by atoms with Crippen LogP contribution in [0.15, 0.2) is 48.5 Å². The molecule has 0 aliphatic carbocycles. The van der Waals surface area contributed by atoms with Gasteiger partial charge in [0.05, 0.1) is 6.04 Å². The van der Waals surface area contributed by atoms with Gasteiger partial charge in [0.1, 0.15) is 5.82 Å². The van der Waals surface area contributed by atoms with Crippen LogP contribution in [0.4, 0.5) is 4.39 Å². The minimum absolute atomic E-state index is 0.141. The zero-order valence-corrected chi connectivity index (χ0v) is 10.4. The maximum atomic E-state index is 13.8. The van der Waals surface area contributed by atoms with Gasteiger partial charge in [0.25, 0.3) is 0 Å². The Balaban J connectivity index is 2.36. The van der Waals surface area contributed by atoms with E-state index >= 15 is 0 Å². The van der Waals surface area contributed by atoms with Crippen LogP contribution in [0.3, 0.4) is 0 Å². The summed E-state index contributed by atoms with van der Waals surface area (Å²) in [7, 11) is 1.83. The monoisotopic (exact) mass is 244 g/mol. The molecule has 0 aliphatic heterocycles. The Morgan fingerprint density at radius 3 is 2.33 bits per heavy atom. The summed E-state index contributed by atoms with van der Waals surface area (Å²) in [5, 5.41) is 3.14. The second-order valence-electron chi connectivity index (χ2n) is 4.19. The molecule has 1 atom stereocenters. The van der Waals surface area contributed by atoms with Crippen LogP contribution < -0.4 is 11.1 Å². The highest BCUT2D eigenvalue weighted by Gasteiger charge is 2.15. The molecule has 0 aromatic heterocycles. The summed E-state index contributed by atoms with van der Waals surface area (Å²) in [6, 6.07) is 14.6. The van der Waals surface area contributed by atoms with Gasteiger partial charge in [-0.15, -0.1) is 0 Å². The zero-order valence-electron chi connectivity index (χ0n) is 10.4. The molecule has 0 amide bonds. The summed E-state index contributed by atoms with van der Waals surface area (Å²) in [6.07, 6.45) is 0. The Bertz CT molecular complexity index is 508. The van der Waals surface area contributed by atoms with E-state index in [1.54, 1.807) is 12.1 Å². The lowest BCUT2D eigenvalue weighted by Crippen LogP contribution is -2.19. The fourth-order valence-electron chi connectivity index (χ4n) is 2.06. The smallest absolute Gasteiger partial charge is 0.128 e. The van der Waals surface area contributed by atoms with Gasteiger partial charge in [-0.25, -0.2) is 4.39 Å². The maximum Gasteiger partial charge on any atom is 0.128 e. The molecular weight excluding hydrogens is 227 g/mol. The van der Waals surface area contributed by atoms with Crippen molar-refractivity contribution in [1.82, 2.24) is 5.32 Å². The average molecular weight is 244 g/mol. The van der Waals surface area contributed by atoms with Crippen LogP contribution in [0.25, 0.3) is 0 Å². The Morgan fingerprint density at radius 1 is 1.11 bits per heavy atom. The van der Waals surface area contributed by atoms with Gasteiger partial charge in [-0.05, 0) is 24.2 Å². The highest BCUT2D eigenvalue weighted by atomic mass is 19.1. The van der Waals surface area contributed by atoms with Crippen molar-refractivity contribution < 1.29 is 4.39 Å². The molecule has 0 heterocycles. The van der Waals surface area contributed by atoms with Crippen LogP contribution in [0, 0.1) is 5.82 Å². The maximum absolute atomic E-state index is 13.8. The molecule has 1 unspecified atom stereocenters. The van der Waals surface area contributed by atoms with E-state index in [-0.39, 0.29) is 11.9 Å². The molecule has 3 heteroatoms. The molecule has 0 saturated heterocycles. The first-order valence-electron chi connectivity index (χ1n) is 5.97. The van der Waals surface area contributed by atoms with E-state index in [0.29, 0.717) is 12.1 Å². The third kappa shape index (κ3) is 2.58. The number of nitrogens with one attached hydrogen (secondary N) is 1. The minimum atomic E-state index is -0.195. The third-order valence-corrected chi connectivity index (χ3v) is 3.05. The molecule has 2 aromatic rings. The molecule has 18 heavy (non-hydrogen) atoms. The molecular formula is C15H17FN2. The van der Waals surface area contributed by atoms with Crippen molar-refractivity contribution in [3.05, 3.63) is 71.0 Å². The van der Waals surface area contributed by atoms with Crippen molar-refractivity contribution >= 4 is 0 Å². The van der Waals surface area contributed by atoms with Crippen molar-refractivity contribution in [2.24, 2.45) is 5.73 Å². The number of benzene rings is 2. The second kappa shape index (κ2) is 5.76. The van der Waals surface area contributed by atoms with Gasteiger partial charge in [0.15, 0.2) is 0 Å². The van der Waals surface area contributed by atoms with Crippen molar-refractivity contribution in [3.8, 4) is 0 Å².